The number of hydrogen-bond donors (Lipinski definition) is 0. The molecule has 0 heterocycles. The monoisotopic (exact) mass is 434 g/mol. The number of rotatable bonds is 6. The number of carbonyl (C=O) groups is 1. The Bertz CT molecular complexity index is 893. The van der Waals surface area contributed by atoms with Crippen LogP contribution >= 0.6 is 0 Å². The smallest absolute Gasteiger partial charge is 0.145 e. The van der Waals surface area contributed by atoms with Crippen molar-refractivity contribution in [1.82, 2.24) is 0 Å². The third kappa shape index (κ3) is 4.37. The van der Waals surface area contributed by atoms with Crippen molar-refractivity contribution in [2.75, 3.05) is 6.61 Å². The molecular formula is C29H38O3. The lowest BCUT2D eigenvalue weighted by Gasteiger charge is -2.50. The molecule has 0 spiro atoms. The van der Waals surface area contributed by atoms with Gasteiger partial charge in [0.1, 0.15) is 25.2 Å². The molecule has 0 saturated heterocycles. The summed E-state index contributed by atoms with van der Waals surface area (Å²) in [5.41, 5.74) is 4.48. The van der Waals surface area contributed by atoms with Gasteiger partial charge in [-0.1, -0.05) is 57.2 Å². The van der Waals surface area contributed by atoms with Crippen LogP contribution < -0.4 is 4.74 Å². The van der Waals surface area contributed by atoms with Crippen LogP contribution in [0.3, 0.4) is 0 Å². The van der Waals surface area contributed by atoms with E-state index in [-0.39, 0.29) is 18.1 Å². The molecule has 0 N–H and O–H groups in total. The Labute approximate surface area is 193 Å². The van der Waals surface area contributed by atoms with Crippen molar-refractivity contribution in [2.24, 2.45) is 17.3 Å². The van der Waals surface area contributed by atoms with E-state index < -0.39 is 0 Å². The van der Waals surface area contributed by atoms with E-state index in [0.717, 1.165) is 36.7 Å². The zero-order valence-electron chi connectivity index (χ0n) is 19.9. The first-order chi connectivity index (χ1) is 15.7. The van der Waals surface area contributed by atoms with Gasteiger partial charge in [-0.3, -0.25) is 0 Å². The fourth-order valence-corrected chi connectivity index (χ4v) is 6.77. The minimum absolute atomic E-state index is 0.237. The molecule has 0 aliphatic heterocycles. The molecule has 0 radical (unpaired) electrons. The van der Waals surface area contributed by atoms with Crippen LogP contribution in [0.25, 0.3) is 0 Å². The molecule has 2 aromatic rings. The number of fused-ring (bicyclic) bond motifs is 5. The zero-order chi connectivity index (χ0) is 22.6. The molecule has 0 bridgehead atoms. The molecule has 5 unspecified atom stereocenters. The largest absolute Gasteiger partial charge is 0.489 e. The third-order valence-corrected chi connectivity index (χ3v) is 8.22. The number of ether oxygens (including phenoxy) is 2. The fourth-order valence-electron chi connectivity index (χ4n) is 6.77. The maximum Gasteiger partial charge on any atom is 0.145 e. The van der Waals surface area contributed by atoms with Crippen LogP contribution in [0.2, 0.25) is 0 Å². The van der Waals surface area contributed by atoms with Crippen molar-refractivity contribution in [3.05, 3.63) is 65.2 Å². The second-order valence-corrected chi connectivity index (χ2v) is 9.66. The van der Waals surface area contributed by atoms with Gasteiger partial charge in [0, 0.05) is 0 Å². The van der Waals surface area contributed by atoms with Gasteiger partial charge in [0.05, 0.1) is 6.10 Å². The molecule has 2 saturated carbocycles. The average molecular weight is 435 g/mol. The molecular weight excluding hydrogens is 396 g/mol. The van der Waals surface area contributed by atoms with Crippen molar-refractivity contribution in [3.63, 3.8) is 0 Å². The number of benzene rings is 2. The Hall–Kier alpha value is -2.13. The standard InChI is InChI=1S/C27H32O3.C2H6/c1-27-14-13-23-22-10-8-21(30-18-19-5-3-2-4-6-19)17-20(22)7-9-24(23)25(27)11-12-26(27)29-16-15-28;1-2/h2-6,8,10,15,17,23-26H,7,9,11-14,16,18H2,1H3;1-2H3. The minimum Gasteiger partial charge on any atom is -0.489 e. The summed E-state index contributed by atoms with van der Waals surface area (Å²) >= 11 is 0. The third-order valence-electron chi connectivity index (χ3n) is 8.22. The molecule has 3 nitrogen and oxygen atoms in total. The van der Waals surface area contributed by atoms with E-state index >= 15 is 0 Å². The lowest BCUT2D eigenvalue weighted by atomic mass is 9.55. The predicted molar refractivity (Wildman–Crippen MR) is 129 cm³/mol. The summed E-state index contributed by atoms with van der Waals surface area (Å²) in [5, 5.41) is 0. The van der Waals surface area contributed by atoms with Gasteiger partial charge in [-0.05, 0) is 90.5 Å². The SMILES string of the molecule is CC.CC12CCC3c4ccc(OCc5ccccc5)cc4CCC3C1CCC2OCC=O. The Balaban J connectivity index is 0.00000119. The summed E-state index contributed by atoms with van der Waals surface area (Å²) in [6.45, 7) is 7.29. The zero-order valence-corrected chi connectivity index (χ0v) is 19.9. The topological polar surface area (TPSA) is 35.5 Å². The number of carbonyl (C=O) groups excluding carboxylic acids is 1. The quantitative estimate of drug-likeness (QED) is 0.473. The molecule has 2 aromatic carbocycles. The van der Waals surface area contributed by atoms with Crippen molar-refractivity contribution in [3.8, 4) is 5.75 Å². The summed E-state index contributed by atoms with van der Waals surface area (Å²) in [6.07, 6.45) is 8.35. The second-order valence-electron chi connectivity index (χ2n) is 9.66. The normalized spacial score (nSPS) is 30.2. The van der Waals surface area contributed by atoms with Gasteiger partial charge in [0.25, 0.3) is 0 Å². The van der Waals surface area contributed by atoms with Crippen LogP contribution in [0.1, 0.15) is 75.5 Å². The van der Waals surface area contributed by atoms with Gasteiger partial charge in [0.15, 0.2) is 0 Å². The summed E-state index contributed by atoms with van der Waals surface area (Å²) in [4.78, 5) is 10.8. The van der Waals surface area contributed by atoms with Gasteiger partial charge < -0.3 is 14.3 Å². The molecule has 3 aliphatic carbocycles. The molecule has 3 aliphatic rings. The van der Waals surface area contributed by atoms with E-state index in [1.54, 1.807) is 5.56 Å². The lowest BCUT2D eigenvalue weighted by molar-refractivity contribution is -0.118. The molecule has 0 aromatic heterocycles. The van der Waals surface area contributed by atoms with Crippen molar-refractivity contribution in [2.45, 2.75) is 77.9 Å². The van der Waals surface area contributed by atoms with E-state index in [4.69, 9.17) is 9.47 Å². The van der Waals surface area contributed by atoms with Gasteiger partial charge in [-0.15, -0.1) is 0 Å². The number of aldehydes is 1. The highest BCUT2D eigenvalue weighted by Crippen LogP contribution is 2.61. The molecule has 172 valence electrons. The highest BCUT2D eigenvalue weighted by Gasteiger charge is 2.55. The Morgan fingerprint density at radius 1 is 1.03 bits per heavy atom. The van der Waals surface area contributed by atoms with Crippen LogP contribution in [-0.4, -0.2) is 19.0 Å². The van der Waals surface area contributed by atoms with Gasteiger partial charge >= 0.3 is 0 Å². The van der Waals surface area contributed by atoms with Crippen LogP contribution in [-0.2, 0) is 22.6 Å². The molecule has 5 atom stereocenters. The van der Waals surface area contributed by atoms with Crippen molar-refractivity contribution in [1.29, 1.82) is 0 Å². The molecule has 5 rings (SSSR count). The summed E-state index contributed by atoms with van der Waals surface area (Å²) < 4.78 is 12.1. The predicted octanol–water partition coefficient (Wildman–Crippen LogP) is 6.73. The Morgan fingerprint density at radius 2 is 1.84 bits per heavy atom. The van der Waals surface area contributed by atoms with Crippen LogP contribution in [0.5, 0.6) is 5.75 Å². The first kappa shape index (κ1) is 23.0. The second kappa shape index (κ2) is 10.2. The van der Waals surface area contributed by atoms with Gasteiger partial charge in [-0.25, -0.2) is 0 Å². The summed E-state index contributed by atoms with van der Waals surface area (Å²) in [5.74, 6) is 3.12. The first-order valence-corrected chi connectivity index (χ1v) is 12.5. The van der Waals surface area contributed by atoms with E-state index in [1.165, 1.54) is 36.8 Å². The van der Waals surface area contributed by atoms with Crippen molar-refractivity contribution < 1.29 is 14.3 Å². The van der Waals surface area contributed by atoms with Crippen LogP contribution in [0.15, 0.2) is 48.5 Å². The Kier molecular flexibility index (Phi) is 7.35. The van der Waals surface area contributed by atoms with Gasteiger partial charge in [0.2, 0.25) is 0 Å². The average Bonchev–Trinajstić information content (AvgIpc) is 3.19. The molecule has 2 fully saturated rings. The van der Waals surface area contributed by atoms with E-state index in [2.05, 4.69) is 49.4 Å². The maximum absolute atomic E-state index is 10.8. The van der Waals surface area contributed by atoms with Crippen LogP contribution in [0, 0.1) is 17.3 Å². The van der Waals surface area contributed by atoms with E-state index in [9.17, 15) is 4.79 Å². The molecule has 0 amide bonds. The van der Waals surface area contributed by atoms with E-state index in [0.29, 0.717) is 12.5 Å². The number of hydrogen-bond acceptors (Lipinski definition) is 3. The Morgan fingerprint density at radius 3 is 2.62 bits per heavy atom. The highest BCUT2D eigenvalue weighted by molar-refractivity contribution is 5.50. The van der Waals surface area contributed by atoms with Gasteiger partial charge in [-0.2, -0.15) is 0 Å². The molecule has 3 heteroatoms. The maximum atomic E-state index is 10.8. The summed E-state index contributed by atoms with van der Waals surface area (Å²) in [7, 11) is 0. The van der Waals surface area contributed by atoms with Crippen LogP contribution in [0.4, 0.5) is 0 Å². The van der Waals surface area contributed by atoms with E-state index in [1.807, 2.05) is 19.9 Å². The first-order valence-electron chi connectivity index (χ1n) is 12.5. The summed E-state index contributed by atoms with van der Waals surface area (Å²) in [6, 6.07) is 17.2. The van der Waals surface area contributed by atoms with Crippen molar-refractivity contribution >= 4 is 6.29 Å². The number of aryl methyl sites for hydroxylation is 1. The highest BCUT2D eigenvalue weighted by atomic mass is 16.5. The fraction of sp³-hybridized carbons (Fsp3) is 0.552. The minimum atomic E-state index is 0.237. The lowest BCUT2D eigenvalue weighted by Crippen LogP contribution is -2.44. The molecule has 32 heavy (non-hydrogen) atoms.